The second kappa shape index (κ2) is 5.61. The Hall–Kier alpha value is -2.49. The molecule has 2 aromatic carbocycles. The Labute approximate surface area is 136 Å². The number of carbonyl (C=O) groups is 1. The zero-order valence-corrected chi connectivity index (χ0v) is 13.2. The highest BCUT2D eigenvalue weighted by molar-refractivity contribution is 5.70. The molecule has 0 bridgehead atoms. The molecule has 23 heavy (non-hydrogen) atoms. The van der Waals surface area contributed by atoms with Gasteiger partial charge in [0.15, 0.2) is 0 Å². The number of carbonyl (C=O) groups excluding carboxylic acids is 1. The number of fused-ring (bicyclic) bond motifs is 4. The molecule has 0 aromatic heterocycles. The number of anilines is 1. The third kappa shape index (κ3) is 2.34. The van der Waals surface area contributed by atoms with Gasteiger partial charge in [0.05, 0.1) is 25.2 Å². The summed E-state index contributed by atoms with van der Waals surface area (Å²) in [5.74, 6) is 0. The van der Waals surface area contributed by atoms with Crippen LogP contribution >= 0.6 is 0 Å². The lowest BCUT2D eigenvalue weighted by Crippen LogP contribution is -2.42. The minimum atomic E-state index is -0.228. The van der Waals surface area contributed by atoms with E-state index in [4.69, 9.17) is 4.74 Å². The Morgan fingerprint density at radius 1 is 1.17 bits per heavy atom. The Balaban J connectivity index is 1.78. The first-order valence-electron chi connectivity index (χ1n) is 8.13. The smallest absolute Gasteiger partial charge is 0.410 e. The number of nitrogens with one attached hydrogen (secondary N) is 1. The summed E-state index contributed by atoms with van der Waals surface area (Å²) >= 11 is 0. The molecule has 0 unspecified atom stereocenters. The van der Waals surface area contributed by atoms with E-state index >= 15 is 0 Å². The highest BCUT2D eigenvalue weighted by atomic mass is 16.6. The van der Waals surface area contributed by atoms with Gasteiger partial charge in [-0.2, -0.15) is 0 Å². The molecule has 2 aliphatic rings. The van der Waals surface area contributed by atoms with Crippen LogP contribution in [0.1, 0.15) is 29.7 Å². The molecular weight excluding hydrogens is 288 g/mol. The summed E-state index contributed by atoms with van der Waals surface area (Å²) in [4.78, 5) is 14.4. The predicted octanol–water partition coefficient (Wildman–Crippen LogP) is 3.74. The Bertz CT molecular complexity index is 744. The maximum atomic E-state index is 12.5. The number of benzene rings is 2. The lowest BCUT2D eigenvalue weighted by Gasteiger charge is -2.30. The molecule has 1 amide bonds. The highest BCUT2D eigenvalue weighted by Gasteiger charge is 2.41. The predicted molar refractivity (Wildman–Crippen MR) is 89.3 cm³/mol. The molecule has 118 valence electrons. The molecule has 1 heterocycles. The summed E-state index contributed by atoms with van der Waals surface area (Å²) in [6, 6.07) is 16.8. The van der Waals surface area contributed by atoms with Crippen LogP contribution in [0.3, 0.4) is 0 Å². The topological polar surface area (TPSA) is 41.6 Å². The fourth-order valence-corrected chi connectivity index (χ4v) is 3.71. The molecule has 0 fully saturated rings. The molecule has 1 aliphatic heterocycles. The maximum absolute atomic E-state index is 12.5. The average molecular weight is 308 g/mol. The molecule has 4 heteroatoms. The Morgan fingerprint density at radius 2 is 1.91 bits per heavy atom. The van der Waals surface area contributed by atoms with Gasteiger partial charge in [0, 0.05) is 5.69 Å². The monoisotopic (exact) mass is 308 g/mol. The number of rotatable bonds is 1. The third-order valence-electron chi connectivity index (χ3n) is 4.78. The largest absolute Gasteiger partial charge is 0.450 e. The van der Waals surface area contributed by atoms with Crippen molar-refractivity contribution in [3.63, 3.8) is 0 Å². The highest BCUT2D eigenvalue weighted by Crippen LogP contribution is 2.40. The normalized spacial score (nSPS) is 21.5. The number of amides is 1. The van der Waals surface area contributed by atoms with Gasteiger partial charge in [0.1, 0.15) is 0 Å². The van der Waals surface area contributed by atoms with Crippen molar-refractivity contribution in [2.24, 2.45) is 0 Å². The van der Waals surface area contributed by atoms with Gasteiger partial charge in [-0.25, -0.2) is 4.79 Å². The number of hydrogen-bond acceptors (Lipinski definition) is 3. The summed E-state index contributed by atoms with van der Waals surface area (Å²) in [7, 11) is 0. The van der Waals surface area contributed by atoms with Crippen LogP contribution in [0.5, 0.6) is 0 Å². The van der Waals surface area contributed by atoms with Gasteiger partial charge in [-0.15, -0.1) is 0 Å². The molecule has 2 atom stereocenters. The van der Waals surface area contributed by atoms with Crippen molar-refractivity contribution in [1.82, 2.24) is 4.90 Å². The second-order valence-corrected chi connectivity index (χ2v) is 6.08. The van der Waals surface area contributed by atoms with Gasteiger partial charge in [-0.3, -0.25) is 4.90 Å². The van der Waals surface area contributed by atoms with Crippen molar-refractivity contribution in [1.29, 1.82) is 0 Å². The standard InChI is InChI=1S/C19H20N2O2/c1-2-23-19(22)21-12-14-8-4-6-10-16(14)20-18-15-9-5-3-7-13(15)11-17(18)21/h3-10,17-18,20H,2,11-12H2,1H3/t17-,18-/m0/s1. The zero-order chi connectivity index (χ0) is 15.8. The summed E-state index contributed by atoms with van der Waals surface area (Å²) in [6.45, 7) is 2.83. The Kier molecular flexibility index (Phi) is 3.45. The van der Waals surface area contributed by atoms with Crippen LogP contribution in [0.2, 0.25) is 0 Å². The van der Waals surface area contributed by atoms with Gasteiger partial charge in [0.2, 0.25) is 0 Å². The fraction of sp³-hybridized carbons (Fsp3) is 0.316. The van der Waals surface area contributed by atoms with E-state index in [1.807, 2.05) is 24.0 Å². The lowest BCUT2D eigenvalue weighted by atomic mass is 10.1. The van der Waals surface area contributed by atoms with Gasteiger partial charge in [-0.05, 0) is 36.1 Å². The van der Waals surface area contributed by atoms with Crippen molar-refractivity contribution < 1.29 is 9.53 Å². The van der Waals surface area contributed by atoms with Crippen molar-refractivity contribution in [3.05, 3.63) is 65.2 Å². The van der Waals surface area contributed by atoms with Crippen molar-refractivity contribution in [3.8, 4) is 0 Å². The minimum absolute atomic E-state index is 0.0823. The zero-order valence-electron chi connectivity index (χ0n) is 13.2. The van der Waals surface area contributed by atoms with E-state index in [1.165, 1.54) is 11.1 Å². The van der Waals surface area contributed by atoms with Crippen LogP contribution in [0.15, 0.2) is 48.5 Å². The molecule has 2 aromatic rings. The lowest BCUT2D eigenvalue weighted by molar-refractivity contribution is 0.0857. The second-order valence-electron chi connectivity index (χ2n) is 6.08. The molecule has 4 rings (SSSR count). The van der Waals surface area contributed by atoms with E-state index in [-0.39, 0.29) is 18.2 Å². The molecule has 0 saturated carbocycles. The first-order chi connectivity index (χ1) is 11.3. The fourth-order valence-electron chi connectivity index (χ4n) is 3.71. The number of nitrogens with zero attached hydrogens (tertiary/aromatic N) is 1. The van der Waals surface area contributed by atoms with E-state index in [2.05, 4.69) is 41.7 Å². The van der Waals surface area contributed by atoms with Crippen molar-refractivity contribution >= 4 is 11.8 Å². The SMILES string of the molecule is CCOC(=O)N1Cc2ccccc2N[C@H]2c3ccccc3C[C@@H]21. The van der Waals surface area contributed by atoms with E-state index in [0.29, 0.717) is 13.2 Å². The van der Waals surface area contributed by atoms with Crippen LogP contribution in [-0.4, -0.2) is 23.6 Å². The first kappa shape index (κ1) is 14.1. The van der Waals surface area contributed by atoms with Crippen LogP contribution in [0.4, 0.5) is 10.5 Å². The molecule has 0 spiro atoms. The summed E-state index contributed by atoms with van der Waals surface area (Å²) < 4.78 is 5.32. The van der Waals surface area contributed by atoms with E-state index in [0.717, 1.165) is 17.7 Å². The van der Waals surface area contributed by atoms with Crippen LogP contribution in [0.25, 0.3) is 0 Å². The van der Waals surface area contributed by atoms with Crippen LogP contribution in [0, 0.1) is 0 Å². The number of ether oxygens (including phenoxy) is 1. The van der Waals surface area contributed by atoms with Gasteiger partial charge in [0.25, 0.3) is 0 Å². The van der Waals surface area contributed by atoms with Gasteiger partial charge < -0.3 is 10.1 Å². The molecule has 0 saturated heterocycles. The van der Waals surface area contributed by atoms with Crippen LogP contribution in [-0.2, 0) is 17.7 Å². The minimum Gasteiger partial charge on any atom is -0.450 e. The molecule has 1 N–H and O–H groups in total. The first-order valence-corrected chi connectivity index (χ1v) is 8.13. The van der Waals surface area contributed by atoms with Gasteiger partial charge in [-0.1, -0.05) is 42.5 Å². The number of hydrogen-bond donors (Lipinski definition) is 1. The molecule has 0 radical (unpaired) electrons. The molecule has 1 aliphatic carbocycles. The Morgan fingerprint density at radius 3 is 2.74 bits per heavy atom. The maximum Gasteiger partial charge on any atom is 0.410 e. The average Bonchev–Trinajstić information content (AvgIpc) is 2.84. The van der Waals surface area contributed by atoms with Crippen molar-refractivity contribution in [2.45, 2.75) is 32.0 Å². The molecular formula is C19H20N2O2. The van der Waals surface area contributed by atoms with Crippen molar-refractivity contribution in [2.75, 3.05) is 11.9 Å². The summed E-state index contributed by atoms with van der Waals surface area (Å²) in [6.07, 6.45) is 0.634. The number of para-hydroxylation sites is 1. The van der Waals surface area contributed by atoms with E-state index < -0.39 is 0 Å². The van der Waals surface area contributed by atoms with E-state index in [1.54, 1.807) is 0 Å². The summed E-state index contributed by atoms with van der Waals surface area (Å²) in [5, 5.41) is 3.66. The van der Waals surface area contributed by atoms with E-state index in [9.17, 15) is 4.79 Å². The van der Waals surface area contributed by atoms with Crippen LogP contribution < -0.4 is 5.32 Å². The molecule has 4 nitrogen and oxygen atoms in total. The summed E-state index contributed by atoms with van der Waals surface area (Å²) in [5.41, 5.74) is 4.82. The quantitative estimate of drug-likeness (QED) is 0.872. The third-order valence-corrected chi connectivity index (χ3v) is 4.78. The van der Waals surface area contributed by atoms with Gasteiger partial charge >= 0.3 is 6.09 Å².